The van der Waals surface area contributed by atoms with Crippen molar-refractivity contribution in [3.05, 3.63) is 383 Å². The Morgan fingerprint density at radius 3 is 0.786 bits per heavy atom. The first-order chi connectivity index (χ1) is 50.3. The highest BCUT2D eigenvalue weighted by Gasteiger charge is 2.39. The van der Waals surface area contributed by atoms with Crippen LogP contribution in [-0.4, -0.2) is 0 Å². The molecule has 0 unspecified atom stereocenters. The molecule has 0 N–H and O–H groups in total. The summed E-state index contributed by atoms with van der Waals surface area (Å²) in [5, 5.41) is 9.89. The van der Waals surface area contributed by atoms with Gasteiger partial charge in [0.15, 0.2) is 0 Å². The molecule has 19 rings (SSSR count). The number of benzene rings is 16. The van der Waals surface area contributed by atoms with Crippen molar-refractivity contribution in [3.8, 4) is 55.6 Å². The van der Waals surface area contributed by atoms with Gasteiger partial charge >= 0.3 is 0 Å². The average Bonchev–Trinajstić information content (AvgIpc) is 1.60. The molecule has 490 valence electrons. The standard InChI is InChI=1S/C101H76N2/c1-99(2)91-59-65(35-37-67-41-55-87-89-57-51-77(63-95(89)100(3,4)93(87)61-67)102(97-33-17-25-71-21-9-13-29-83(71)97)75-47-43-73(44-48-75)81-31-15-23-69-19-7-11-27-79(69)81)39-53-85(91)86-54-40-66(60-92(86)99)36-38-68-42-56-88-90-58-52-78(64-96(90)101(5,6)94(88)62-68)103(98-34-18-26-72-22-10-14-30-84(72)98)76-49-45-74(46-50-76)82-32-16-24-70-20-8-12-28-80(70)82/h7-64H,1-6H3. The second-order valence-corrected chi connectivity index (χ2v) is 30.0. The Bertz CT molecular complexity index is 5810. The Labute approximate surface area is 604 Å². The van der Waals surface area contributed by atoms with E-state index in [1.54, 1.807) is 0 Å². The molecule has 103 heavy (non-hydrogen) atoms. The fraction of sp³-hybridized carbons (Fsp3) is 0.0891. The first-order valence-corrected chi connectivity index (χ1v) is 36.3. The van der Waals surface area contributed by atoms with Crippen LogP contribution >= 0.6 is 0 Å². The van der Waals surface area contributed by atoms with E-state index in [1.807, 2.05) is 0 Å². The summed E-state index contributed by atoms with van der Waals surface area (Å²) in [4.78, 5) is 4.91. The van der Waals surface area contributed by atoms with E-state index in [0.29, 0.717) is 0 Å². The lowest BCUT2D eigenvalue weighted by atomic mass is 9.81. The predicted octanol–water partition coefficient (Wildman–Crippen LogP) is 27.8. The van der Waals surface area contributed by atoms with Crippen molar-refractivity contribution in [2.45, 2.75) is 57.8 Å². The normalized spacial score (nSPS) is 14.1. The van der Waals surface area contributed by atoms with Gasteiger partial charge in [0.2, 0.25) is 0 Å². The van der Waals surface area contributed by atoms with E-state index in [9.17, 15) is 0 Å². The minimum absolute atomic E-state index is 0.183. The molecule has 0 radical (unpaired) electrons. The number of rotatable bonds is 12. The Morgan fingerprint density at radius 2 is 0.456 bits per heavy atom. The van der Waals surface area contributed by atoms with Crippen molar-refractivity contribution in [2.75, 3.05) is 9.80 Å². The van der Waals surface area contributed by atoms with E-state index in [-0.39, 0.29) is 16.2 Å². The molecule has 0 heterocycles. The van der Waals surface area contributed by atoms with Gasteiger partial charge < -0.3 is 9.80 Å². The summed E-state index contributed by atoms with van der Waals surface area (Å²) >= 11 is 0. The molecule has 3 aliphatic carbocycles. The molecule has 0 amide bonds. The van der Waals surface area contributed by atoms with Gasteiger partial charge in [0.25, 0.3) is 0 Å². The molecular formula is C101H76N2. The van der Waals surface area contributed by atoms with Crippen LogP contribution in [0.25, 0.3) is 123 Å². The molecule has 2 heteroatoms. The number of hydrogen-bond donors (Lipinski definition) is 0. The summed E-state index contributed by atoms with van der Waals surface area (Å²) < 4.78 is 0. The van der Waals surface area contributed by atoms with Crippen molar-refractivity contribution >= 4 is 102 Å². The zero-order valence-electron chi connectivity index (χ0n) is 58.9. The predicted molar refractivity (Wildman–Crippen MR) is 440 cm³/mol. The lowest BCUT2D eigenvalue weighted by Gasteiger charge is -2.29. The van der Waals surface area contributed by atoms with Crippen molar-refractivity contribution in [2.24, 2.45) is 0 Å². The summed E-state index contributed by atoms with van der Waals surface area (Å²) in [5.41, 5.74) is 31.8. The van der Waals surface area contributed by atoms with E-state index in [0.717, 1.165) is 34.1 Å². The molecule has 16 aromatic rings. The Hall–Kier alpha value is -12.4. The van der Waals surface area contributed by atoms with Gasteiger partial charge in [0.1, 0.15) is 0 Å². The lowest BCUT2D eigenvalue weighted by molar-refractivity contribution is 0.660. The number of anilines is 6. The SMILES string of the molecule is CC1(C)c2cc(C=Cc3ccc4c(c3)C(C)(C)c3cc(N(c5ccc(-c6cccc7ccccc67)cc5)c5cccc6ccccc56)ccc3-4)ccc2-c2ccc(C=Cc3ccc4c(c3)C(C)(C)c3cc(N(c5ccc(-c6cccc7ccccc67)cc5)c5cccc6ccccc56)ccc3-4)cc21. The van der Waals surface area contributed by atoms with Crippen LogP contribution in [0.1, 0.15) is 97.2 Å². The van der Waals surface area contributed by atoms with Gasteiger partial charge in [0.05, 0.1) is 11.4 Å². The fourth-order valence-electron chi connectivity index (χ4n) is 17.5. The van der Waals surface area contributed by atoms with E-state index < -0.39 is 0 Å². The Balaban J connectivity index is 0.571. The van der Waals surface area contributed by atoms with Crippen LogP contribution in [0.15, 0.2) is 328 Å². The molecule has 0 saturated heterocycles. The molecule has 0 aliphatic heterocycles. The topological polar surface area (TPSA) is 6.48 Å². The third-order valence-corrected chi connectivity index (χ3v) is 23.0. The maximum atomic E-state index is 2.45. The fourth-order valence-corrected chi connectivity index (χ4v) is 17.5. The van der Waals surface area contributed by atoms with E-state index in [4.69, 9.17) is 0 Å². The van der Waals surface area contributed by atoms with Crippen molar-refractivity contribution < 1.29 is 0 Å². The van der Waals surface area contributed by atoms with Gasteiger partial charge in [-0.05, 0) is 204 Å². The van der Waals surface area contributed by atoms with Crippen LogP contribution < -0.4 is 9.80 Å². The lowest BCUT2D eigenvalue weighted by Crippen LogP contribution is -2.17. The zero-order chi connectivity index (χ0) is 69.3. The third-order valence-electron chi connectivity index (χ3n) is 23.0. The largest absolute Gasteiger partial charge is 0.310 e. The number of hydrogen-bond acceptors (Lipinski definition) is 2. The van der Waals surface area contributed by atoms with Crippen LogP contribution in [0, 0.1) is 0 Å². The molecule has 3 aliphatic rings. The summed E-state index contributed by atoms with van der Waals surface area (Å²) in [7, 11) is 0. The van der Waals surface area contributed by atoms with E-state index >= 15 is 0 Å². The van der Waals surface area contributed by atoms with Gasteiger partial charge in [-0.1, -0.05) is 333 Å². The van der Waals surface area contributed by atoms with Crippen molar-refractivity contribution in [1.82, 2.24) is 0 Å². The van der Waals surface area contributed by atoms with Crippen LogP contribution in [0.5, 0.6) is 0 Å². The number of fused-ring (bicyclic) bond motifs is 13. The Morgan fingerprint density at radius 1 is 0.204 bits per heavy atom. The molecule has 0 saturated carbocycles. The van der Waals surface area contributed by atoms with Crippen molar-refractivity contribution in [3.63, 3.8) is 0 Å². The highest BCUT2D eigenvalue weighted by Crippen LogP contribution is 2.55. The van der Waals surface area contributed by atoms with Crippen molar-refractivity contribution in [1.29, 1.82) is 0 Å². The quantitative estimate of drug-likeness (QED) is 0.113. The van der Waals surface area contributed by atoms with Crippen LogP contribution in [0.3, 0.4) is 0 Å². The summed E-state index contributed by atoms with van der Waals surface area (Å²) in [6.07, 6.45) is 9.22. The molecular weight excluding hydrogens is 1240 g/mol. The van der Waals surface area contributed by atoms with Gasteiger partial charge in [-0.3, -0.25) is 0 Å². The van der Waals surface area contributed by atoms with Crippen LogP contribution in [-0.2, 0) is 16.2 Å². The molecule has 2 nitrogen and oxygen atoms in total. The summed E-state index contributed by atoms with van der Waals surface area (Å²) in [6, 6.07) is 122. The molecule has 0 aromatic heterocycles. The average molecular weight is 1320 g/mol. The second-order valence-electron chi connectivity index (χ2n) is 30.0. The maximum absolute atomic E-state index is 2.45. The third kappa shape index (κ3) is 10.2. The smallest absolute Gasteiger partial charge is 0.0540 e. The molecule has 16 aromatic carbocycles. The minimum Gasteiger partial charge on any atom is -0.310 e. The van der Waals surface area contributed by atoms with Gasteiger partial charge in [-0.25, -0.2) is 0 Å². The van der Waals surface area contributed by atoms with Gasteiger partial charge in [-0.2, -0.15) is 0 Å². The summed E-state index contributed by atoms with van der Waals surface area (Å²) in [6.45, 7) is 14.4. The monoisotopic (exact) mass is 1320 g/mol. The van der Waals surface area contributed by atoms with Crippen LogP contribution in [0.2, 0.25) is 0 Å². The first-order valence-electron chi connectivity index (χ1n) is 36.3. The number of nitrogens with zero attached hydrogens (tertiary/aromatic N) is 2. The first kappa shape index (κ1) is 61.7. The van der Waals surface area contributed by atoms with E-state index in [1.165, 1.54) is 154 Å². The second kappa shape index (κ2) is 23.9. The van der Waals surface area contributed by atoms with E-state index in [2.05, 4.69) is 403 Å². The summed E-state index contributed by atoms with van der Waals surface area (Å²) in [5.74, 6) is 0. The molecule has 0 spiro atoms. The molecule has 0 bridgehead atoms. The van der Waals surface area contributed by atoms with Gasteiger partial charge in [-0.15, -0.1) is 0 Å². The minimum atomic E-state index is -0.236. The highest BCUT2D eigenvalue weighted by atomic mass is 15.1. The van der Waals surface area contributed by atoms with Gasteiger partial charge in [0, 0.05) is 49.8 Å². The highest BCUT2D eigenvalue weighted by molar-refractivity contribution is 6.04. The van der Waals surface area contributed by atoms with Crippen LogP contribution in [0.4, 0.5) is 34.1 Å². The Kier molecular flexibility index (Phi) is 14.3. The zero-order valence-corrected chi connectivity index (χ0v) is 58.9. The molecule has 0 atom stereocenters. The maximum Gasteiger partial charge on any atom is 0.0540 e. The molecule has 0 fully saturated rings.